The second kappa shape index (κ2) is 4.09. The summed E-state index contributed by atoms with van der Waals surface area (Å²) < 4.78 is 10.4. The second-order valence-electron chi connectivity index (χ2n) is 4.49. The van der Waals surface area contributed by atoms with Gasteiger partial charge in [-0.25, -0.2) is 0 Å². The maximum atomic E-state index is 10.8. The van der Waals surface area contributed by atoms with Crippen molar-refractivity contribution in [2.45, 2.75) is 52.2 Å². The van der Waals surface area contributed by atoms with E-state index in [9.17, 15) is 4.79 Å². The van der Waals surface area contributed by atoms with Gasteiger partial charge in [0.2, 0.25) is 0 Å². The molecule has 0 saturated heterocycles. The normalized spacial score (nSPS) is 12.8. The van der Waals surface area contributed by atoms with E-state index in [0.29, 0.717) is 6.42 Å². The third-order valence-electron chi connectivity index (χ3n) is 1.82. The van der Waals surface area contributed by atoms with Crippen LogP contribution in [0.3, 0.4) is 0 Å². The van der Waals surface area contributed by atoms with Crippen molar-refractivity contribution < 1.29 is 14.3 Å². The molecule has 0 fully saturated rings. The zero-order valence-electron chi connectivity index (χ0n) is 9.43. The van der Waals surface area contributed by atoms with Crippen LogP contribution in [-0.2, 0) is 14.3 Å². The number of hydrogen-bond donors (Lipinski definition) is 0. The molecule has 0 aromatic heterocycles. The third-order valence-corrected chi connectivity index (χ3v) is 1.82. The molecule has 0 bridgehead atoms. The highest BCUT2D eigenvalue weighted by Crippen LogP contribution is 2.25. The van der Waals surface area contributed by atoms with E-state index in [-0.39, 0.29) is 11.6 Å². The zero-order valence-corrected chi connectivity index (χ0v) is 9.43. The largest absolute Gasteiger partial charge is 0.460 e. The maximum absolute atomic E-state index is 10.8. The van der Waals surface area contributed by atoms with Crippen LogP contribution in [0.1, 0.15) is 41.0 Å². The van der Waals surface area contributed by atoms with Crippen molar-refractivity contribution in [3.05, 3.63) is 0 Å². The minimum Gasteiger partial charge on any atom is -0.460 e. The van der Waals surface area contributed by atoms with Crippen molar-refractivity contribution in [2.75, 3.05) is 7.11 Å². The van der Waals surface area contributed by atoms with Gasteiger partial charge in [0, 0.05) is 20.5 Å². The molecule has 0 atom stereocenters. The first-order chi connectivity index (χ1) is 5.68. The summed E-state index contributed by atoms with van der Waals surface area (Å²) in [6.45, 7) is 9.13. The Bertz CT molecular complexity index is 183. The van der Waals surface area contributed by atoms with E-state index in [2.05, 4.69) is 0 Å². The fourth-order valence-corrected chi connectivity index (χ4v) is 1.52. The molecule has 0 aliphatic rings. The van der Waals surface area contributed by atoms with Gasteiger partial charge in [0.25, 0.3) is 0 Å². The van der Waals surface area contributed by atoms with Crippen molar-refractivity contribution >= 4 is 5.97 Å². The molecule has 0 heterocycles. The van der Waals surface area contributed by atoms with Crippen LogP contribution in [-0.4, -0.2) is 24.3 Å². The van der Waals surface area contributed by atoms with Gasteiger partial charge in [-0.2, -0.15) is 0 Å². The van der Waals surface area contributed by atoms with Crippen molar-refractivity contribution in [1.82, 2.24) is 0 Å². The molecular weight excluding hydrogens is 168 g/mol. The smallest absolute Gasteiger partial charge is 0.303 e. The van der Waals surface area contributed by atoms with Gasteiger partial charge in [0.1, 0.15) is 5.60 Å². The monoisotopic (exact) mass is 188 g/mol. The topological polar surface area (TPSA) is 35.5 Å². The van der Waals surface area contributed by atoms with Crippen LogP contribution in [0, 0.1) is 0 Å². The van der Waals surface area contributed by atoms with Crippen LogP contribution >= 0.6 is 0 Å². The van der Waals surface area contributed by atoms with Gasteiger partial charge in [-0.05, 0) is 27.7 Å². The van der Waals surface area contributed by atoms with Crippen LogP contribution in [0.4, 0.5) is 0 Å². The Hall–Kier alpha value is -0.570. The van der Waals surface area contributed by atoms with E-state index in [1.54, 1.807) is 7.11 Å². The molecule has 0 aliphatic heterocycles. The first-order valence-electron chi connectivity index (χ1n) is 4.43. The van der Waals surface area contributed by atoms with Gasteiger partial charge in [0.05, 0.1) is 5.60 Å². The summed E-state index contributed by atoms with van der Waals surface area (Å²) in [5, 5.41) is 0. The average Bonchev–Trinajstić information content (AvgIpc) is 1.81. The molecule has 0 aromatic carbocycles. The number of carbonyl (C=O) groups is 1. The molecule has 78 valence electrons. The van der Waals surface area contributed by atoms with Gasteiger partial charge in [-0.1, -0.05) is 0 Å². The molecule has 0 saturated carbocycles. The number of carbonyl (C=O) groups excluding carboxylic acids is 1. The van der Waals surface area contributed by atoms with E-state index in [1.807, 2.05) is 27.7 Å². The molecule has 0 aliphatic carbocycles. The molecule has 0 rings (SSSR count). The summed E-state index contributed by atoms with van der Waals surface area (Å²) in [7, 11) is 1.66. The van der Waals surface area contributed by atoms with Crippen LogP contribution < -0.4 is 0 Å². The molecular formula is C10H20O3. The van der Waals surface area contributed by atoms with Gasteiger partial charge in [-0.15, -0.1) is 0 Å². The molecule has 3 heteroatoms. The van der Waals surface area contributed by atoms with Crippen molar-refractivity contribution in [3.63, 3.8) is 0 Å². The lowest BCUT2D eigenvalue weighted by Crippen LogP contribution is -2.37. The lowest BCUT2D eigenvalue weighted by Gasteiger charge is -2.33. The summed E-state index contributed by atoms with van der Waals surface area (Å²) in [5.41, 5.74) is -0.732. The zero-order chi connectivity index (χ0) is 10.7. The molecule has 13 heavy (non-hydrogen) atoms. The van der Waals surface area contributed by atoms with E-state index in [4.69, 9.17) is 9.47 Å². The summed E-state index contributed by atoms with van der Waals surface area (Å²) in [6.07, 6.45) is 0.677. The quantitative estimate of drug-likeness (QED) is 0.634. The number of methoxy groups -OCH3 is 1. The molecule has 3 nitrogen and oxygen atoms in total. The van der Waals surface area contributed by atoms with Crippen LogP contribution in [0.15, 0.2) is 0 Å². The summed E-state index contributed by atoms with van der Waals surface area (Å²) in [6, 6.07) is 0. The average molecular weight is 188 g/mol. The van der Waals surface area contributed by atoms with Gasteiger partial charge in [-0.3, -0.25) is 4.79 Å². The highest BCUT2D eigenvalue weighted by atomic mass is 16.6. The SMILES string of the molecule is COC(C)(C)CC(C)(C)OC(C)=O. The van der Waals surface area contributed by atoms with E-state index in [0.717, 1.165) is 0 Å². The Labute approximate surface area is 80.4 Å². The number of ether oxygens (including phenoxy) is 2. The van der Waals surface area contributed by atoms with E-state index in [1.165, 1.54) is 6.92 Å². The fraction of sp³-hybridized carbons (Fsp3) is 0.900. The molecule has 0 aromatic rings. The van der Waals surface area contributed by atoms with Gasteiger partial charge in [0.15, 0.2) is 0 Å². The highest BCUT2D eigenvalue weighted by molar-refractivity contribution is 5.66. The first kappa shape index (κ1) is 12.4. The Balaban J connectivity index is 4.24. The standard InChI is InChI=1S/C10H20O3/c1-8(11)13-10(4,5)7-9(2,3)12-6/h7H2,1-6H3. The maximum Gasteiger partial charge on any atom is 0.303 e. The predicted molar refractivity (Wildman–Crippen MR) is 51.6 cm³/mol. The second-order valence-corrected chi connectivity index (χ2v) is 4.49. The molecule has 0 radical (unpaired) electrons. The van der Waals surface area contributed by atoms with Crippen LogP contribution in [0.25, 0.3) is 0 Å². The van der Waals surface area contributed by atoms with E-state index < -0.39 is 5.60 Å². The lowest BCUT2D eigenvalue weighted by molar-refractivity contribution is -0.159. The van der Waals surface area contributed by atoms with Crippen molar-refractivity contribution in [3.8, 4) is 0 Å². The summed E-state index contributed by atoms with van der Waals surface area (Å²) in [4.78, 5) is 10.8. The highest BCUT2D eigenvalue weighted by Gasteiger charge is 2.30. The van der Waals surface area contributed by atoms with Crippen LogP contribution in [0.2, 0.25) is 0 Å². The van der Waals surface area contributed by atoms with Gasteiger partial charge < -0.3 is 9.47 Å². The fourth-order valence-electron chi connectivity index (χ4n) is 1.52. The van der Waals surface area contributed by atoms with E-state index >= 15 is 0 Å². The summed E-state index contributed by atoms with van der Waals surface area (Å²) in [5.74, 6) is -0.253. The van der Waals surface area contributed by atoms with Gasteiger partial charge >= 0.3 is 5.97 Å². The third kappa shape index (κ3) is 5.64. The number of hydrogen-bond acceptors (Lipinski definition) is 3. The Kier molecular flexibility index (Phi) is 3.91. The first-order valence-corrected chi connectivity index (χ1v) is 4.43. The van der Waals surface area contributed by atoms with Crippen molar-refractivity contribution in [1.29, 1.82) is 0 Å². The van der Waals surface area contributed by atoms with Crippen LogP contribution in [0.5, 0.6) is 0 Å². The van der Waals surface area contributed by atoms with Crippen molar-refractivity contribution in [2.24, 2.45) is 0 Å². The Morgan fingerprint density at radius 3 is 1.92 bits per heavy atom. The summed E-state index contributed by atoms with van der Waals surface area (Å²) >= 11 is 0. The number of rotatable bonds is 4. The Morgan fingerprint density at radius 1 is 1.15 bits per heavy atom. The molecule has 0 N–H and O–H groups in total. The molecule has 0 spiro atoms. The lowest BCUT2D eigenvalue weighted by atomic mass is 9.92. The minimum absolute atomic E-state index is 0.253. The number of esters is 1. The Morgan fingerprint density at radius 2 is 1.62 bits per heavy atom. The molecule has 0 amide bonds. The minimum atomic E-state index is -0.467. The predicted octanol–water partition coefficient (Wildman–Crippen LogP) is 2.14. The molecule has 0 unspecified atom stereocenters.